The average Bonchev–Trinajstić information content (AvgIpc) is 2.75. The largest absolute Gasteiger partial charge is 0.497 e. The fraction of sp³-hybridized carbons (Fsp3) is 0.0476. The minimum atomic E-state index is -0.325. The number of nitrogens with one attached hydrogen (secondary N) is 2. The number of nitrogens with zero attached hydrogens (tertiary/aromatic N) is 2. The summed E-state index contributed by atoms with van der Waals surface area (Å²) in [7, 11) is 1.59. The maximum atomic E-state index is 12.3. The van der Waals surface area contributed by atoms with Crippen molar-refractivity contribution in [2.75, 3.05) is 12.4 Å². The van der Waals surface area contributed by atoms with Gasteiger partial charge in [-0.15, -0.1) is 0 Å². The van der Waals surface area contributed by atoms with Crippen LogP contribution in [0, 0.1) is 0 Å². The molecule has 0 saturated heterocycles. The molecule has 0 fully saturated rings. The lowest BCUT2D eigenvalue weighted by Crippen LogP contribution is -2.17. The molecule has 0 saturated carbocycles. The number of hydrazone groups is 1. The van der Waals surface area contributed by atoms with Gasteiger partial charge in [0.2, 0.25) is 0 Å². The van der Waals surface area contributed by atoms with Crippen molar-refractivity contribution in [3.8, 4) is 5.75 Å². The van der Waals surface area contributed by atoms with E-state index in [4.69, 9.17) is 4.74 Å². The van der Waals surface area contributed by atoms with Crippen LogP contribution in [-0.2, 0) is 0 Å². The lowest BCUT2D eigenvalue weighted by atomic mass is 10.1. The van der Waals surface area contributed by atoms with E-state index in [1.807, 2.05) is 0 Å². The molecule has 0 atom stereocenters. The summed E-state index contributed by atoms with van der Waals surface area (Å²) in [6, 6.07) is 17.1. The van der Waals surface area contributed by atoms with E-state index in [0.29, 0.717) is 16.8 Å². The number of pyridine rings is 1. The van der Waals surface area contributed by atoms with E-state index in [1.54, 1.807) is 67.8 Å². The first-order chi connectivity index (χ1) is 13.7. The highest BCUT2D eigenvalue weighted by molar-refractivity contribution is 6.04. The van der Waals surface area contributed by atoms with Gasteiger partial charge in [0.15, 0.2) is 0 Å². The van der Waals surface area contributed by atoms with Crippen LogP contribution in [-0.4, -0.2) is 30.1 Å². The zero-order chi connectivity index (χ0) is 19.8. The number of hydrogen-bond acceptors (Lipinski definition) is 5. The van der Waals surface area contributed by atoms with Crippen molar-refractivity contribution in [1.29, 1.82) is 0 Å². The summed E-state index contributed by atoms with van der Waals surface area (Å²) in [6.07, 6.45) is 4.58. The molecule has 0 spiro atoms. The SMILES string of the molecule is COc1ccc(NC(=O)c2ccc(C=NNC(=O)c3ccncc3)cc2)cc1. The van der Waals surface area contributed by atoms with Crippen LogP contribution in [0.3, 0.4) is 0 Å². The zero-order valence-corrected chi connectivity index (χ0v) is 15.1. The topological polar surface area (TPSA) is 92.7 Å². The molecule has 1 aromatic heterocycles. The summed E-state index contributed by atoms with van der Waals surface area (Å²) < 4.78 is 5.09. The van der Waals surface area contributed by atoms with E-state index >= 15 is 0 Å². The van der Waals surface area contributed by atoms with Crippen LogP contribution in [0.4, 0.5) is 5.69 Å². The van der Waals surface area contributed by atoms with E-state index in [1.165, 1.54) is 18.6 Å². The summed E-state index contributed by atoms with van der Waals surface area (Å²) in [5.74, 6) is 0.173. The van der Waals surface area contributed by atoms with Crippen LogP contribution in [0.5, 0.6) is 5.75 Å². The summed E-state index contributed by atoms with van der Waals surface area (Å²) in [5, 5.41) is 6.73. The Labute approximate surface area is 162 Å². The molecule has 0 unspecified atom stereocenters. The Balaban J connectivity index is 1.56. The molecule has 0 aliphatic heterocycles. The molecule has 2 amide bonds. The number of carbonyl (C=O) groups is 2. The van der Waals surface area contributed by atoms with Crippen molar-refractivity contribution in [1.82, 2.24) is 10.4 Å². The van der Waals surface area contributed by atoms with Gasteiger partial charge in [0.25, 0.3) is 11.8 Å². The Kier molecular flexibility index (Phi) is 6.10. The second kappa shape index (κ2) is 9.09. The standard InChI is InChI=1S/C21H18N4O3/c1-28-19-8-6-18(7-9-19)24-20(26)16-4-2-15(3-5-16)14-23-25-21(27)17-10-12-22-13-11-17/h2-14H,1H3,(H,24,26)(H,25,27). The minimum Gasteiger partial charge on any atom is -0.497 e. The number of benzene rings is 2. The van der Waals surface area contributed by atoms with Crippen molar-refractivity contribution >= 4 is 23.7 Å². The summed E-state index contributed by atoms with van der Waals surface area (Å²) >= 11 is 0. The molecular formula is C21H18N4O3. The van der Waals surface area contributed by atoms with Crippen molar-refractivity contribution in [3.05, 3.63) is 89.7 Å². The van der Waals surface area contributed by atoms with Crippen molar-refractivity contribution in [3.63, 3.8) is 0 Å². The van der Waals surface area contributed by atoms with Crippen LogP contribution >= 0.6 is 0 Å². The fourth-order valence-corrected chi connectivity index (χ4v) is 2.33. The number of ether oxygens (including phenoxy) is 1. The van der Waals surface area contributed by atoms with Crippen LogP contribution in [0.2, 0.25) is 0 Å². The molecule has 2 aromatic carbocycles. The number of hydrogen-bond donors (Lipinski definition) is 2. The number of aromatic nitrogens is 1. The van der Waals surface area contributed by atoms with Gasteiger partial charge in [0, 0.05) is 29.2 Å². The number of rotatable bonds is 6. The van der Waals surface area contributed by atoms with Gasteiger partial charge in [0.05, 0.1) is 13.3 Å². The number of methoxy groups -OCH3 is 1. The molecule has 28 heavy (non-hydrogen) atoms. The summed E-state index contributed by atoms with van der Waals surface area (Å²) in [4.78, 5) is 28.0. The highest BCUT2D eigenvalue weighted by atomic mass is 16.5. The van der Waals surface area contributed by atoms with Crippen LogP contribution in [0.1, 0.15) is 26.3 Å². The first-order valence-electron chi connectivity index (χ1n) is 8.44. The second-order valence-electron chi connectivity index (χ2n) is 5.74. The third kappa shape index (κ3) is 5.01. The molecule has 7 nitrogen and oxygen atoms in total. The molecule has 3 rings (SSSR count). The summed E-state index contributed by atoms with van der Waals surface area (Å²) in [6.45, 7) is 0. The van der Waals surface area contributed by atoms with E-state index in [2.05, 4.69) is 20.8 Å². The third-order valence-electron chi connectivity index (χ3n) is 3.84. The highest BCUT2D eigenvalue weighted by Crippen LogP contribution is 2.16. The molecule has 0 aliphatic carbocycles. The molecule has 7 heteroatoms. The minimum absolute atomic E-state index is 0.223. The van der Waals surface area contributed by atoms with Gasteiger partial charge in [-0.25, -0.2) is 5.43 Å². The monoisotopic (exact) mass is 374 g/mol. The zero-order valence-electron chi connectivity index (χ0n) is 15.1. The van der Waals surface area contributed by atoms with Gasteiger partial charge in [0.1, 0.15) is 5.75 Å². The molecule has 140 valence electrons. The first-order valence-corrected chi connectivity index (χ1v) is 8.44. The molecule has 0 bridgehead atoms. The Morgan fingerprint density at radius 2 is 1.54 bits per heavy atom. The number of carbonyl (C=O) groups excluding carboxylic acids is 2. The normalized spacial score (nSPS) is 10.5. The maximum absolute atomic E-state index is 12.3. The lowest BCUT2D eigenvalue weighted by Gasteiger charge is -2.06. The van der Waals surface area contributed by atoms with Gasteiger partial charge in [-0.2, -0.15) is 5.10 Å². The lowest BCUT2D eigenvalue weighted by molar-refractivity contribution is 0.0954. The van der Waals surface area contributed by atoms with E-state index in [9.17, 15) is 9.59 Å². The van der Waals surface area contributed by atoms with Crippen LogP contribution in [0.25, 0.3) is 0 Å². The number of amides is 2. The second-order valence-corrected chi connectivity index (χ2v) is 5.74. The van der Waals surface area contributed by atoms with E-state index in [-0.39, 0.29) is 11.8 Å². The van der Waals surface area contributed by atoms with Gasteiger partial charge in [-0.05, 0) is 54.1 Å². The Bertz CT molecular complexity index is 969. The van der Waals surface area contributed by atoms with Crippen LogP contribution < -0.4 is 15.5 Å². The summed E-state index contributed by atoms with van der Waals surface area (Å²) in [5.41, 5.74) is 4.84. The Hall–Kier alpha value is -4.00. The van der Waals surface area contributed by atoms with E-state index < -0.39 is 0 Å². The smallest absolute Gasteiger partial charge is 0.271 e. The van der Waals surface area contributed by atoms with E-state index in [0.717, 1.165) is 11.3 Å². The first kappa shape index (κ1) is 18.8. The highest BCUT2D eigenvalue weighted by Gasteiger charge is 2.06. The molecule has 1 heterocycles. The maximum Gasteiger partial charge on any atom is 0.271 e. The molecule has 0 aliphatic rings. The quantitative estimate of drug-likeness (QED) is 0.512. The van der Waals surface area contributed by atoms with Gasteiger partial charge in [-0.1, -0.05) is 12.1 Å². The van der Waals surface area contributed by atoms with Gasteiger partial charge < -0.3 is 10.1 Å². The van der Waals surface area contributed by atoms with Gasteiger partial charge >= 0.3 is 0 Å². The Morgan fingerprint density at radius 3 is 2.18 bits per heavy atom. The Morgan fingerprint density at radius 1 is 0.893 bits per heavy atom. The van der Waals surface area contributed by atoms with Crippen molar-refractivity contribution < 1.29 is 14.3 Å². The molecular weight excluding hydrogens is 356 g/mol. The molecule has 0 radical (unpaired) electrons. The average molecular weight is 374 g/mol. The molecule has 2 N–H and O–H groups in total. The van der Waals surface area contributed by atoms with Crippen LogP contribution in [0.15, 0.2) is 78.2 Å². The van der Waals surface area contributed by atoms with Gasteiger partial charge in [-0.3, -0.25) is 14.6 Å². The van der Waals surface area contributed by atoms with Crippen molar-refractivity contribution in [2.24, 2.45) is 5.10 Å². The fourth-order valence-electron chi connectivity index (χ4n) is 2.33. The molecule has 3 aromatic rings. The number of anilines is 1. The predicted octanol–water partition coefficient (Wildman–Crippen LogP) is 3.11. The van der Waals surface area contributed by atoms with Crippen molar-refractivity contribution in [2.45, 2.75) is 0 Å². The predicted molar refractivity (Wildman–Crippen MR) is 107 cm³/mol. The third-order valence-corrected chi connectivity index (χ3v) is 3.84.